The van der Waals surface area contributed by atoms with Crippen LogP contribution in [0.5, 0.6) is 0 Å². The van der Waals surface area contributed by atoms with Gasteiger partial charge in [-0.1, -0.05) is 0 Å². The Kier molecular flexibility index (Phi) is 4.01. The zero-order valence-electron chi connectivity index (χ0n) is 12.1. The number of rotatable bonds is 5. The summed E-state index contributed by atoms with van der Waals surface area (Å²) in [7, 11) is 1.32. The molecule has 2 rings (SSSR count). The molecule has 0 aliphatic heterocycles. The number of hydrogen-bond donors (Lipinski definition) is 1. The van der Waals surface area contributed by atoms with E-state index >= 15 is 0 Å². The van der Waals surface area contributed by atoms with Crippen molar-refractivity contribution in [3.8, 4) is 0 Å². The molecule has 1 saturated carbocycles. The number of carbonyl (C=O) groups is 2. The lowest BCUT2D eigenvalue weighted by Crippen LogP contribution is -2.41. The number of aromatic nitrogens is 1. The molecule has 0 unspecified atom stereocenters. The standard InChI is InChI=1S/C14H21N3O3/c1-9(2)16(8-13(18)20-3)14(19)12-6-10(15)7-17(12)11-4-5-11/h6-7,9,11H,4-5,8,15H2,1-3H3. The number of nitrogens with zero attached hydrogens (tertiary/aromatic N) is 2. The molecule has 0 radical (unpaired) electrons. The van der Waals surface area contributed by atoms with Gasteiger partial charge in [-0.05, 0) is 32.8 Å². The summed E-state index contributed by atoms with van der Waals surface area (Å²) >= 11 is 0. The fourth-order valence-corrected chi connectivity index (χ4v) is 2.17. The Morgan fingerprint density at radius 2 is 2.15 bits per heavy atom. The van der Waals surface area contributed by atoms with Crippen molar-refractivity contribution >= 4 is 17.6 Å². The van der Waals surface area contributed by atoms with Crippen molar-refractivity contribution in [2.24, 2.45) is 0 Å². The van der Waals surface area contributed by atoms with Crippen LogP contribution < -0.4 is 5.73 Å². The van der Waals surface area contributed by atoms with E-state index in [0.29, 0.717) is 17.4 Å². The highest BCUT2D eigenvalue weighted by atomic mass is 16.5. The lowest BCUT2D eigenvalue weighted by molar-refractivity contribution is -0.141. The molecule has 20 heavy (non-hydrogen) atoms. The Morgan fingerprint density at radius 3 is 2.65 bits per heavy atom. The van der Waals surface area contributed by atoms with E-state index in [1.807, 2.05) is 18.4 Å². The molecule has 0 aromatic carbocycles. The van der Waals surface area contributed by atoms with Crippen LogP contribution in [0.1, 0.15) is 43.2 Å². The van der Waals surface area contributed by atoms with Crippen molar-refractivity contribution in [1.29, 1.82) is 0 Å². The summed E-state index contributed by atoms with van der Waals surface area (Å²) in [6, 6.07) is 1.94. The Bertz CT molecular complexity index is 518. The summed E-state index contributed by atoms with van der Waals surface area (Å²) in [6.45, 7) is 3.69. The van der Waals surface area contributed by atoms with Gasteiger partial charge in [0, 0.05) is 18.3 Å². The first kappa shape index (κ1) is 14.4. The summed E-state index contributed by atoms with van der Waals surface area (Å²) in [5.41, 5.74) is 6.92. The van der Waals surface area contributed by atoms with Gasteiger partial charge in [-0.2, -0.15) is 0 Å². The zero-order chi connectivity index (χ0) is 14.9. The summed E-state index contributed by atoms with van der Waals surface area (Å²) < 4.78 is 6.57. The Balaban J connectivity index is 2.25. The molecule has 0 spiro atoms. The molecule has 0 atom stereocenters. The van der Waals surface area contributed by atoms with Crippen LogP contribution >= 0.6 is 0 Å². The summed E-state index contributed by atoms with van der Waals surface area (Å²) in [4.78, 5) is 25.6. The molecule has 2 N–H and O–H groups in total. The largest absolute Gasteiger partial charge is 0.468 e. The van der Waals surface area contributed by atoms with Gasteiger partial charge in [-0.15, -0.1) is 0 Å². The molecule has 6 heteroatoms. The summed E-state index contributed by atoms with van der Waals surface area (Å²) in [6.07, 6.45) is 3.92. The van der Waals surface area contributed by atoms with E-state index in [-0.39, 0.29) is 18.5 Å². The minimum Gasteiger partial charge on any atom is -0.468 e. The average molecular weight is 279 g/mol. The van der Waals surface area contributed by atoms with Crippen LogP contribution in [0.25, 0.3) is 0 Å². The van der Waals surface area contributed by atoms with Gasteiger partial charge in [0.2, 0.25) is 0 Å². The molecule has 1 heterocycles. The number of anilines is 1. The van der Waals surface area contributed by atoms with Crippen LogP contribution in [0, 0.1) is 0 Å². The Labute approximate surface area is 118 Å². The van der Waals surface area contributed by atoms with E-state index in [9.17, 15) is 9.59 Å². The molecule has 1 aliphatic rings. The van der Waals surface area contributed by atoms with Crippen molar-refractivity contribution < 1.29 is 14.3 Å². The maximum absolute atomic E-state index is 12.6. The van der Waals surface area contributed by atoms with Crippen LogP contribution in [0.15, 0.2) is 12.3 Å². The lowest BCUT2D eigenvalue weighted by atomic mass is 10.2. The molecular weight excluding hydrogens is 258 g/mol. The highest BCUT2D eigenvalue weighted by Crippen LogP contribution is 2.37. The Hall–Kier alpha value is -1.98. The molecule has 0 bridgehead atoms. The highest BCUT2D eigenvalue weighted by molar-refractivity contribution is 5.96. The zero-order valence-corrected chi connectivity index (χ0v) is 12.1. The predicted molar refractivity (Wildman–Crippen MR) is 75.3 cm³/mol. The van der Waals surface area contributed by atoms with Gasteiger partial charge in [-0.3, -0.25) is 9.59 Å². The van der Waals surface area contributed by atoms with Crippen molar-refractivity contribution in [3.05, 3.63) is 18.0 Å². The van der Waals surface area contributed by atoms with Crippen LogP contribution in [0.2, 0.25) is 0 Å². The van der Waals surface area contributed by atoms with Crippen molar-refractivity contribution in [3.63, 3.8) is 0 Å². The van der Waals surface area contributed by atoms with Gasteiger partial charge in [-0.25, -0.2) is 0 Å². The molecule has 1 aromatic rings. The van der Waals surface area contributed by atoms with Gasteiger partial charge in [0.1, 0.15) is 12.2 Å². The number of ether oxygens (including phenoxy) is 1. The molecule has 6 nitrogen and oxygen atoms in total. The van der Waals surface area contributed by atoms with Gasteiger partial charge in [0.05, 0.1) is 12.8 Å². The van der Waals surface area contributed by atoms with E-state index in [0.717, 1.165) is 12.8 Å². The van der Waals surface area contributed by atoms with Gasteiger partial charge in [0.15, 0.2) is 0 Å². The van der Waals surface area contributed by atoms with Gasteiger partial charge < -0.3 is 19.9 Å². The second-order valence-electron chi connectivity index (χ2n) is 5.40. The van der Waals surface area contributed by atoms with Crippen LogP contribution in [0.4, 0.5) is 5.69 Å². The predicted octanol–water partition coefficient (Wildman–Crippen LogP) is 1.43. The van der Waals surface area contributed by atoms with E-state index in [4.69, 9.17) is 5.73 Å². The minimum atomic E-state index is -0.426. The van der Waals surface area contributed by atoms with Crippen molar-refractivity contribution in [2.45, 2.75) is 38.8 Å². The SMILES string of the molecule is COC(=O)CN(C(=O)c1cc(N)cn1C1CC1)C(C)C. The van der Waals surface area contributed by atoms with E-state index in [1.54, 1.807) is 12.3 Å². The third kappa shape index (κ3) is 2.95. The number of methoxy groups -OCH3 is 1. The second-order valence-corrected chi connectivity index (χ2v) is 5.40. The molecule has 0 saturated heterocycles. The Morgan fingerprint density at radius 1 is 1.50 bits per heavy atom. The number of nitrogens with two attached hydrogens (primary N) is 1. The minimum absolute atomic E-state index is 0.0528. The molecule has 1 amide bonds. The monoisotopic (exact) mass is 279 g/mol. The third-order valence-corrected chi connectivity index (χ3v) is 3.44. The van der Waals surface area contributed by atoms with E-state index < -0.39 is 5.97 Å². The number of nitrogen functional groups attached to an aromatic ring is 1. The highest BCUT2D eigenvalue weighted by Gasteiger charge is 2.31. The van der Waals surface area contributed by atoms with E-state index in [1.165, 1.54) is 12.0 Å². The van der Waals surface area contributed by atoms with E-state index in [2.05, 4.69) is 4.74 Å². The molecule has 1 aliphatic carbocycles. The van der Waals surface area contributed by atoms with Crippen LogP contribution in [-0.4, -0.2) is 41.0 Å². The fourth-order valence-electron chi connectivity index (χ4n) is 2.17. The molecule has 1 aromatic heterocycles. The first-order valence-corrected chi connectivity index (χ1v) is 6.79. The number of esters is 1. The normalized spacial score (nSPS) is 14.4. The number of carbonyl (C=O) groups excluding carboxylic acids is 2. The van der Waals surface area contributed by atoms with Crippen LogP contribution in [-0.2, 0) is 9.53 Å². The lowest BCUT2D eigenvalue weighted by Gasteiger charge is -2.26. The number of hydrogen-bond acceptors (Lipinski definition) is 4. The number of amides is 1. The smallest absolute Gasteiger partial charge is 0.325 e. The third-order valence-electron chi connectivity index (χ3n) is 3.44. The maximum Gasteiger partial charge on any atom is 0.325 e. The molecule has 110 valence electrons. The molecular formula is C14H21N3O3. The van der Waals surface area contributed by atoms with Gasteiger partial charge >= 0.3 is 5.97 Å². The second kappa shape index (κ2) is 5.56. The first-order valence-electron chi connectivity index (χ1n) is 6.79. The maximum atomic E-state index is 12.6. The van der Waals surface area contributed by atoms with Crippen LogP contribution in [0.3, 0.4) is 0 Å². The average Bonchev–Trinajstić information content (AvgIpc) is 3.17. The quantitative estimate of drug-likeness (QED) is 0.827. The molecule has 1 fully saturated rings. The van der Waals surface area contributed by atoms with Gasteiger partial charge in [0.25, 0.3) is 5.91 Å². The fraction of sp³-hybridized carbons (Fsp3) is 0.571. The van der Waals surface area contributed by atoms with Crippen molar-refractivity contribution in [1.82, 2.24) is 9.47 Å². The summed E-state index contributed by atoms with van der Waals surface area (Å²) in [5.74, 6) is -0.612. The summed E-state index contributed by atoms with van der Waals surface area (Å²) in [5, 5.41) is 0. The van der Waals surface area contributed by atoms with Crippen molar-refractivity contribution in [2.75, 3.05) is 19.4 Å². The first-order chi connectivity index (χ1) is 9.43. The topological polar surface area (TPSA) is 77.6 Å².